The Kier molecular flexibility index (Phi) is 5.50. The van der Waals surface area contributed by atoms with Crippen molar-refractivity contribution in [3.8, 4) is 11.5 Å². The zero-order valence-electron chi connectivity index (χ0n) is 23.6. The molecule has 1 aliphatic rings. The zero-order valence-corrected chi connectivity index (χ0v) is 23.6. The van der Waals surface area contributed by atoms with E-state index in [0.29, 0.717) is 0 Å². The van der Waals surface area contributed by atoms with E-state index in [0.717, 1.165) is 28.2 Å². The van der Waals surface area contributed by atoms with Crippen molar-refractivity contribution in [3.05, 3.63) is 136 Å². The largest absolute Gasteiger partial charge is 0.493 e. The van der Waals surface area contributed by atoms with Crippen LogP contribution in [-0.4, -0.2) is 7.11 Å². The lowest BCUT2D eigenvalue weighted by molar-refractivity contribution is 0.154. The second kappa shape index (κ2) is 8.99. The molecule has 0 atom stereocenters. The summed E-state index contributed by atoms with van der Waals surface area (Å²) in [6.07, 6.45) is 4.51. The fourth-order valence-corrected chi connectivity index (χ4v) is 6.72. The first-order chi connectivity index (χ1) is 19.4. The molecule has 2 nitrogen and oxygen atoms in total. The Labute approximate surface area is 235 Å². The smallest absolute Gasteiger partial charge is 0.178 e. The van der Waals surface area contributed by atoms with Crippen molar-refractivity contribution in [1.82, 2.24) is 0 Å². The molecule has 0 spiro atoms. The molecule has 1 heterocycles. The molecule has 0 fully saturated rings. The number of benzene rings is 6. The summed E-state index contributed by atoms with van der Waals surface area (Å²) in [5, 5.41) is 7.28. The monoisotopic (exact) mass is 520 g/mol. The van der Waals surface area contributed by atoms with E-state index in [1.54, 1.807) is 7.11 Å². The highest BCUT2D eigenvalue weighted by atomic mass is 16.5. The molecule has 0 unspecified atom stereocenters. The highest BCUT2D eigenvalue weighted by molar-refractivity contribution is 6.27. The minimum Gasteiger partial charge on any atom is -0.493 e. The molecule has 0 saturated carbocycles. The van der Waals surface area contributed by atoms with E-state index in [-0.39, 0.29) is 0 Å². The molecule has 6 aromatic rings. The summed E-state index contributed by atoms with van der Waals surface area (Å²) in [5.41, 5.74) is 7.34. The van der Waals surface area contributed by atoms with Crippen LogP contribution in [0.1, 0.15) is 38.9 Å². The predicted octanol–water partition coefficient (Wildman–Crippen LogP) is 9.74. The van der Waals surface area contributed by atoms with Gasteiger partial charge in [-0.05, 0) is 72.8 Å². The van der Waals surface area contributed by atoms with E-state index in [9.17, 15) is 0 Å². The van der Waals surface area contributed by atoms with E-state index in [2.05, 4.69) is 131 Å². The van der Waals surface area contributed by atoms with Crippen LogP contribution in [0.25, 0.3) is 38.4 Å². The van der Waals surface area contributed by atoms with Crippen LogP contribution in [0.5, 0.6) is 11.5 Å². The zero-order chi connectivity index (χ0) is 27.6. The number of fused-ring (bicyclic) bond motifs is 8. The maximum Gasteiger partial charge on any atom is 0.178 e. The van der Waals surface area contributed by atoms with Crippen LogP contribution in [0.15, 0.2) is 97.1 Å². The Hall–Kier alpha value is -4.56. The topological polar surface area (TPSA) is 18.5 Å². The van der Waals surface area contributed by atoms with E-state index < -0.39 is 5.60 Å². The lowest BCUT2D eigenvalue weighted by Gasteiger charge is -2.38. The van der Waals surface area contributed by atoms with Crippen LogP contribution < -0.4 is 9.47 Å². The Morgan fingerprint density at radius 3 is 1.57 bits per heavy atom. The van der Waals surface area contributed by atoms with Crippen molar-refractivity contribution in [2.75, 3.05) is 7.11 Å². The third kappa shape index (κ3) is 3.63. The molecule has 0 saturated heterocycles. The highest BCUT2D eigenvalue weighted by Gasteiger charge is 2.39. The van der Waals surface area contributed by atoms with E-state index >= 15 is 0 Å². The minimum atomic E-state index is -0.797. The molecule has 0 aromatic heterocycles. The van der Waals surface area contributed by atoms with E-state index in [1.165, 1.54) is 54.6 Å². The van der Waals surface area contributed by atoms with Crippen molar-refractivity contribution >= 4 is 38.4 Å². The minimum absolute atomic E-state index is 0.741. The van der Waals surface area contributed by atoms with Crippen molar-refractivity contribution in [2.45, 2.75) is 33.3 Å². The maximum atomic E-state index is 7.29. The lowest BCUT2D eigenvalue weighted by Crippen LogP contribution is -2.35. The fourth-order valence-electron chi connectivity index (χ4n) is 6.72. The van der Waals surface area contributed by atoms with Crippen molar-refractivity contribution in [1.29, 1.82) is 0 Å². The molecule has 0 bridgehead atoms. The third-order valence-corrected chi connectivity index (χ3v) is 8.26. The molecule has 0 aliphatic carbocycles. The number of ether oxygens (including phenoxy) is 2. The summed E-state index contributed by atoms with van der Waals surface area (Å²) in [5.74, 6) is 1.52. The van der Waals surface area contributed by atoms with Crippen LogP contribution in [0, 0.1) is 27.7 Å². The summed E-state index contributed by atoms with van der Waals surface area (Å²) in [4.78, 5) is 0. The van der Waals surface area contributed by atoms with E-state index in [1.807, 2.05) is 0 Å². The third-order valence-electron chi connectivity index (χ3n) is 8.26. The van der Waals surface area contributed by atoms with Crippen LogP contribution in [0.2, 0.25) is 0 Å². The summed E-state index contributed by atoms with van der Waals surface area (Å²) >= 11 is 0. The average molecular weight is 521 g/mol. The fraction of sp³-hybridized carbons (Fsp3) is 0.158. The summed E-state index contributed by atoms with van der Waals surface area (Å²) in [6.45, 7) is 8.60. The number of methoxy groups -OCH3 is 1. The molecule has 2 heteroatoms. The van der Waals surface area contributed by atoms with Gasteiger partial charge in [-0.1, -0.05) is 107 Å². The summed E-state index contributed by atoms with van der Waals surface area (Å²) in [7, 11) is 1.74. The molecule has 1 aliphatic heterocycles. The molecule has 0 amide bonds. The van der Waals surface area contributed by atoms with Crippen molar-refractivity contribution in [2.24, 2.45) is 0 Å². The van der Waals surface area contributed by atoms with Crippen LogP contribution >= 0.6 is 0 Å². The van der Waals surface area contributed by atoms with Crippen molar-refractivity contribution < 1.29 is 9.47 Å². The summed E-state index contributed by atoms with van der Waals surface area (Å²) in [6, 6.07) is 32.9. The van der Waals surface area contributed by atoms with Gasteiger partial charge in [0.15, 0.2) is 17.1 Å². The average Bonchev–Trinajstić information content (AvgIpc) is 2.95. The number of aryl methyl sites for hydroxylation is 4. The van der Waals surface area contributed by atoms with Gasteiger partial charge in [0.1, 0.15) is 0 Å². The molecule has 40 heavy (non-hydrogen) atoms. The van der Waals surface area contributed by atoms with Gasteiger partial charge < -0.3 is 9.47 Å². The number of hydrogen-bond acceptors (Lipinski definition) is 2. The predicted molar refractivity (Wildman–Crippen MR) is 168 cm³/mol. The molecular weight excluding hydrogens is 488 g/mol. The first kappa shape index (κ1) is 24.5. The standard InChI is InChI=1S/C38H32O2/c1-23-16-24(2)19-27(18-23)38(28-20-25(3)17-26(4)21-28)15-14-33-36-32-13-9-8-11-30(32)29-10-6-7-12-31(29)34(36)22-35(39-5)37(33)40-38/h6-22H,1-5H3. The van der Waals surface area contributed by atoms with Crippen LogP contribution in [-0.2, 0) is 5.60 Å². The Balaban J connectivity index is 1.60. The van der Waals surface area contributed by atoms with Gasteiger partial charge in [-0.3, -0.25) is 0 Å². The van der Waals surface area contributed by atoms with Gasteiger partial charge in [0.25, 0.3) is 0 Å². The maximum absolute atomic E-state index is 7.29. The molecular formula is C38H32O2. The van der Waals surface area contributed by atoms with Gasteiger partial charge in [0.2, 0.25) is 0 Å². The van der Waals surface area contributed by atoms with Crippen LogP contribution in [0.4, 0.5) is 0 Å². The summed E-state index contributed by atoms with van der Waals surface area (Å²) < 4.78 is 13.4. The molecule has 0 radical (unpaired) electrons. The Morgan fingerprint density at radius 1 is 0.575 bits per heavy atom. The second-order valence-electron chi connectivity index (χ2n) is 11.3. The molecule has 196 valence electrons. The molecule has 0 N–H and O–H groups in total. The lowest BCUT2D eigenvalue weighted by atomic mass is 9.80. The van der Waals surface area contributed by atoms with Crippen LogP contribution in [0.3, 0.4) is 0 Å². The SMILES string of the molecule is COc1cc2c3ccccc3c3ccccc3c2c2c1OC(c1cc(C)cc(C)c1)(c1cc(C)cc(C)c1)C=C2. The first-order valence-electron chi connectivity index (χ1n) is 13.9. The van der Waals surface area contributed by atoms with Gasteiger partial charge in [-0.2, -0.15) is 0 Å². The molecule has 7 rings (SSSR count). The van der Waals surface area contributed by atoms with Gasteiger partial charge in [0, 0.05) is 22.1 Å². The Morgan fingerprint density at radius 2 is 1.05 bits per heavy atom. The van der Waals surface area contributed by atoms with Gasteiger partial charge in [0.05, 0.1) is 7.11 Å². The number of hydrogen-bond donors (Lipinski definition) is 0. The van der Waals surface area contributed by atoms with E-state index in [4.69, 9.17) is 9.47 Å². The Bertz CT molecular complexity index is 1920. The van der Waals surface area contributed by atoms with Gasteiger partial charge >= 0.3 is 0 Å². The second-order valence-corrected chi connectivity index (χ2v) is 11.3. The van der Waals surface area contributed by atoms with Gasteiger partial charge in [-0.15, -0.1) is 0 Å². The first-order valence-corrected chi connectivity index (χ1v) is 13.9. The quantitative estimate of drug-likeness (QED) is 0.216. The normalized spacial score (nSPS) is 13.9. The van der Waals surface area contributed by atoms with Gasteiger partial charge in [-0.25, -0.2) is 0 Å². The molecule has 6 aromatic carbocycles. The number of rotatable bonds is 3. The highest BCUT2D eigenvalue weighted by Crippen LogP contribution is 2.51. The van der Waals surface area contributed by atoms with Crippen molar-refractivity contribution in [3.63, 3.8) is 0 Å².